The topological polar surface area (TPSA) is 271 Å². The van der Waals surface area contributed by atoms with E-state index in [0.717, 1.165) is 0 Å². The molecule has 0 amide bonds. The van der Waals surface area contributed by atoms with Crippen molar-refractivity contribution in [2.24, 2.45) is 0 Å². The smallest absolute Gasteiger partial charge is 0.238 e. The molecule has 5 rings (SSSR count). The number of ether oxygens (including phenoxy) is 2. The van der Waals surface area contributed by atoms with E-state index in [1.807, 2.05) is 0 Å². The number of hydrogen-bond acceptors (Lipinski definition) is 15. The Morgan fingerprint density at radius 3 is 2.00 bits per heavy atom. The highest BCUT2D eigenvalue weighted by Gasteiger charge is 2.48. The van der Waals surface area contributed by atoms with Crippen molar-refractivity contribution in [1.82, 2.24) is 0 Å². The molecule has 2 saturated heterocycles. The summed E-state index contributed by atoms with van der Waals surface area (Å²) in [5.41, 5.74) is -3.15. The molecule has 2 aromatic carbocycles. The van der Waals surface area contributed by atoms with E-state index >= 15 is 0 Å². The molecule has 15 nitrogen and oxygen atoms in total. The van der Waals surface area contributed by atoms with Gasteiger partial charge in [-0.2, -0.15) is 0 Å². The highest BCUT2D eigenvalue weighted by Crippen LogP contribution is 2.51. The van der Waals surface area contributed by atoms with Crippen molar-refractivity contribution in [2.75, 3.05) is 13.2 Å². The summed E-state index contributed by atoms with van der Waals surface area (Å²) in [5, 5.41) is 114. The van der Waals surface area contributed by atoms with Crippen LogP contribution in [0.25, 0.3) is 22.3 Å². The lowest BCUT2D eigenvalue weighted by molar-refractivity contribution is -0.232. The molecule has 0 bridgehead atoms. The molecular weight excluding hydrogens is 552 g/mol. The van der Waals surface area contributed by atoms with E-state index in [1.165, 1.54) is 24.3 Å². The molecule has 0 aliphatic carbocycles. The van der Waals surface area contributed by atoms with Gasteiger partial charge in [-0.1, -0.05) is 0 Å². The summed E-state index contributed by atoms with van der Waals surface area (Å²) < 4.78 is 16.7. The third-order valence-corrected chi connectivity index (χ3v) is 7.43. The highest BCUT2D eigenvalue weighted by molar-refractivity contribution is 5.93. The lowest BCUT2D eigenvalue weighted by Gasteiger charge is -2.41. The molecule has 0 radical (unpaired) electrons. The Bertz CT molecular complexity index is 1500. The monoisotopic (exact) mass is 580 g/mol. The van der Waals surface area contributed by atoms with Crippen molar-refractivity contribution < 1.29 is 70.1 Å². The van der Waals surface area contributed by atoms with Gasteiger partial charge in [-0.15, -0.1) is 0 Å². The second kappa shape index (κ2) is 10.7. The van der Waals surface area contributed by atoms with Crippen LogP contribution < -0.4 is 5.43 Å². The van der Waals surface area contributed by atoms with Crippen molar-refractivity contribution >= 4 is 11.0 Å². The van der Waals surface area contributed by atoms with E-state index in [1.54, 1.807) is 0 Å². The number of aromatic hydroxyl groups is 4. The molecule has 41 heavy (non-hydrogen) atoms. The van der Waals surface area contributed by atoms with Gasteiger partial charge in [0, 0.05) is 5.56 Å². The van der Waals surface area contributed by atoms with Gasteiger partial charge in [0.05, 0.1) is 24.3 Å². The zero-order chi connectivity index (χ0) is 29.9. The summed E-state index contributed by atoms with van der Waals surface area (Å²) in [6, 6.07) is 5.02. The maximum absolute atomic E-state index is 13.5. The predicted molar refractivity (Wildman–Crippen MR) is 134 cm³/mol. The highest BCUT2D eigenvalue weighted by atomic mass is 16.5. The maximum atomic E-state index is 13.5. The number of rotatable bonds is 4. The molecule has 2 aliphatic rings. The van der Waals surface area contributed by atoms with Crippen LogP contribution in [0.4, 0.5) is 0 Å². The summed E-state index contributed by atoms with van der Waals surface area (Å²) in [6.45, 7) is -1.43. The summed E-state index contributed by atoms with van der Waals surface area (Å²) in [4.78, 5) is 13.5. The molecule has 2 aliphatic heterocycles. The molecule has 11 N–H and O–H groups in total. The van der Waals surface area contributed by atoms with Crippen LogP contribution in [-0.2, 0) is 9.47 Å². The van der Waals surface area contributed by atoms with E-state index < -0.39 is 119 Å². The van der Waals surface area contributed by atoms with E-state index in [2.05, 4.69) is 0 Å². The van der Waals surface area contributed by atoms with Gasteiger partial charge in [0.1, 0.15) is 77.6 Å². The molecular formula is C26H28O15. The normalized spacial score (nSPS) is 32.3. The molecule has 222 valence electrons. The number of phenolic OH excluding ortho intramolecular Hbond substituents is 3. The van der Waals surface area contributed by atoms with Crippen LogP contribution in [-0.4, -0.2) is 112 Å². The fourth-order valence-electron chi connectivity index (χ4n) is 5.17. The Kier molecular flexibility index (Phi) is 7.58. The molecule has 2 fully saturated rings. The SMILES string of the molecule is O=c1c(O)c(-c2ccc(O)cc2)oc2c([C@@H]3OC[C@@H](O)[C@H](O)[C@H]3O)c(O)c([C@@H]3O[C@H](CO)[C@@H](O)[C@H](O)[C@H]3O)c(O)c12. The summed E-state index contributed by atoms with van der Waals surface area (Å²) >= 11 is 0. The molecule has 15 heteroatoms. The van der Waals surface area contributed by atoms with Crippen LogP contribution in [0.3, 0.4) is 0 Å². The van der Waals surface area contributed by atoms with E-state index in [0.29, 0.717) is 0 Å². The van der Waals surface area contributed by atoms with Crippen LogP contribution in [0, 0.1) is 0 Å². The number of phenols is 3. The van der Waals surface area contributed by atoms with Crippen LogP contribution in [0.1, 0.15) is 23.3 Å². The minimum atomic E-state index is -2.04. The Labute approximate surface area is 229 Å². The quantitative estimate of drug-likeness (QED) is 0.158. The Balaban J connectivity index is 1.84. The molecule has 3 aromatic rings. The largest absolute Gasteiger partial charge is 0.508 e. The van der Waals surface area contributed by atoms with Gasteiger partial charge in [-0.05, 0) is 24.3 Å². The molecule has 0 unspecified atom stereocenters. The van der Waals surface area contributed by atoms with Crippen LogP contribution in [0.5, 0.6) is 23.0 Å². The first kappa shape index (κ1) is 29.0. The van der Waals surface area contributed by atoms with Crippen molar-refractivity contribution in [3.63, 3.8) is 0 Å². The average molecular weight is 580 g/mol. The lowest BCUT2D eigenvalue weighted by Crippen LogP contribution is -2.55. The first-order valence-electron chi connectivity index (χ1n) is 12.4. The molecule has 1 aromatic heterocycles. The summed E-state index contributed by atoms with van der Waals surface area (Å²) in [5.74, 6) is -3.73. The number of fused-ring (bicyclic) bond motifs is 1. The Morgan fingerprint density at radius 2 is 1.37 bits per heavy atom. The van der Waals surface area contributed by atoms with Crippen LogP contribution >= 0.6 is 0 Å². The standard InChI is InChI=1S/C26H28O15/c27-5-10-15(31)19(35)22(38)26(40-10)11-16(32)12-18(34)21(37)23(7-1-3-8(28)4-2-7)41-24(12)13(17(11)33)25-20(36)14(30)9(29)6-39-25/h1-4,9-10,14-15,19-20,22,25-33,35-38H,5-6H2/t9-,10-,14+,15-,19+,20-,22-,25+,26+/m1/s1. The van der Waals surface area contributed by atoms with Gasteiger partial charge in [0.2, 0.25) is 11.2 Å². The Hall–Kier alpha value is -3.51. The Morgan fingerprint density at radius 1 is 0.732 bits per heavy atom. The van der Waals surface area contributed by atoms with Gasteiger partial charge in [-0.3, -0.25) is 4.79 Å². The van der Waals surface area contributed by atoms with Gasteiger partial charge in [-0.25, -0.2) is 0 Å². The third kappa shape index (κ3) is 4.57. The summed E-state index contributed by atoms with van der Waals surface area (Å²) in [6.07, 6.45) is -16.2. The lowest BCUT2D eigenvalue weighted by atomic mass is 9.85. The van der Waals surface area contributed by atoms with Crippen LogP contribution in [0.15, 0.2) is 33.5 Å². The molecule has 0 spiro atoms. The third-order valence-electron chi connectivity index (χ3n) is 7.43. The summed E-state index contributed by atoms with van der Waals surface area (Å²) in [7, 11) is 0. The first-order valence-corrected chi connectivity index (χ1v) is 12.4. The number of aliphatic hydroxyl groups is 7. The van der Waals surface area contributed by atoms with E-state index in [4.69, 9.17) is 13.9 Å². The van der Waals surface area contributed by atoms with Gasteiger partial charge < -0.3 is 70.1 Å². The zero-order valence-corrected chi connectivity index (χ0v) is 21.0. The first-order chi connectivity index (χ1) is 19.4. The minimum absolute atomic E-state index is 0.0720. The number of benzene rings is 2. The maximum Gasteiger partial charge on any atom is 0.238 e. The van der Waals surface area contributed by atoms with E-state index in [-0.39, 0.29) is 11.3 Å². The molecule has 9 atom stereocenters. The fourth-order valence-corrected chi connectivity index (χ4v) is 5.17. The van der Waals surface area contributed by atoms with Crippen LogP contribution in [0.2, 0.25) is 0 Å². The van der Waals surface area contributed by atoms with Gasteiger partial charge >= 0.3 is 0 Å². The van der Waals surface area contributed by atoms with Gasteiger partial charge in [0.25, 0.3) is 0 Å². The van der Waals surface area contributed by atoms with Crippen molar-refractivity contribution in [3.05, 3.63) is 45.6 Å². The zero-order valence-electron chi connectivity index (χ0n) is 21.0. The fraction of sp³-hybridized carbons (Fsp3) is 0.423. The minimum Gasteiger partial charge on any atom is -0.508 e. The number of aliphatic hydroxyl groups excluding tert-OH is 7. The van der Waals surface area contributed by atoms with Crippen molar-refractivity contribution in [2.45, 2.75) is 54.9 Å². The predicted octanol–water partition coefficient (Wildman–Crippen LogP) is -2.05. The van der Waals surface area contributed by atoms with E-state index in [9.17, 15) is 61.0 Å². The average Bonchev–Trinajstić information content (AvgIpc) is 2.95. The van der Waals surface area contributed by atoms with Crippen molar-refractivity contribution in [1.29, 1.82) is 0 Å². The molecule has 3 heterocycles. The number of hydrogen-bond donors (Lipinski definition) is 11. The molecule has 0 saturated carbocycles. The second-order valence-corrected chi connectivity index (χ2v) is 9.94. The second-order valence-electron chi connectivity index (χ2n) is 9.94. The van der Waals surface area contributed by atoms with Gasteiger partial charge in [0.15, 0.2) is 11.3 Å². The van der Waals surface area contributed by atoms with Crippen molar-refractivity contribution in [3.8, 4) is 34.3 Å².